The topological polar surface area (TPSA) is 47.4 Å². The second-order valence-corrected chi connectivity index (χ2v) is 5.92. The van der Waals surface area contributed by atoms with Gasteiger partial charge in [-0.3, -0.25) is 5.01 Å². The van der Waals surface area contributed by atoms with Crippen molar-refractivity contribution in [2.45, 2.75) is 32.7 Å². The Morgan fingerprint density at radius 3 is 2.76 bits per heavy atom. The summed E-state index contributed by atoms with van der Waals surface area (Å²) in [4.78, 5) is 16.3. The molecule has 2 heterocycles. The van der Waals surface area contributed by atoms with Crippen LogP contribution in [-0.2, 0) is 11.2 Å². The number of fused-ring (bicyclic) bond motifs is 1. The van der Waals surface area contributed by atoms with Gasteiger partial charge in [0.2, 0.25) is 0 Å². The highest BCUT2D eigenvalue weighted by molar-refractivity contribution is 5.88. The number of esters is 1. The highest BCUT2D eigenvalue weighted by atomic mass is 16.5. The van der Waals surface area contributed by atoms with E-state index in [4.69, 9.17) is 4.74 Å². The molecule has 0 unspecified atom stereocenters. The minimum atomic E-state index is -0.379. The molecule has 0 N–H and O–H groups in total. The van der Waals surface area contributed by atoms with Gasteiger partial charge in [-0.15, -0.1) is 0 Å². The van der Waals surface area contributed by atoms with Crippen molar-refractivity contribution < 1.29 is 9.53 Å². The van der Waals surface area contributed by atoms with Crippen molar-refractivity contribution in [3.63, 3.8) is 0 Å². The normalized spacial score (nSPS) is 15.9. The van der Waals surface area contributed by atoms with E-state index in [2.05, 4.69) is 36.0 Å². The first-order valence-corrected chi connectivity index (χ1v) is 6.97. The van der Waals surface area contributed by atoms with Crippen LogP contribution in [0.25, 0.3) is 0 Å². The van der Waals surface area contributed by atoms with E-state index in [9.17, 15) is 4.79 Å². The molecule has 0 aliphatic carbocycles. The van der Waals surface area contributed by atoms with Gasteiger partial charge in [-0.2, -0.15) is 0 Å². The summed E-state index contributed by atoms with van der Waals surface area (Å²) in [6.07, 6.45) is 2.49. The van der Waals surface area contributed by atoms with Gasteiger partial charge in [-0.25, -0.2) is 14.5 Å². The van der Waals surface area contributed by atoms with Crippen LogP contribution in [0.3, 0.4) is 0 Å². The van der Waals surface area contributed by atoms with Crippen molar-refractivity contribution in [2.75, 3.05) is 12.1 Å². The van der Waals surface area contributed by atoms with Gasteiger partial charge in [-0.05, 0) is 38.8 Å². The lowest BCUT2D eigenvalue weighted by molar-refractivity contribution is 0.0587. The zero-order chi connectivity index (χ0) is 15.2. The molecule has 0 amide bonds. The Kier molecular flexibility index (Phi) is 3.01. The molecule has 5 nitrogen and oxygen atoms in total. The Morgan fingerprint density at radius 1 is 1.33 bits per heavy atom. The van der Waals surface area contributed by atoms with Gasteiger partial charge >= 0.3 is 5.97 Å². The minimum absolute atomic E-state index is 0.141. The average molecular weight is 285 g/mol. The maximum Gasteiger partial charge on any atom is 0.358 e. The number of rotatable bonds is 2. The highest BCUT2D eigenvalue weighted by Gasteiger charge is 2.39. The Balaban J connectivity index is 2.20. The third kappa shape index (κ3) is 2.00. The molecule has 0 radical (unpaired) electrons. The van der Waals surface area contributed by atoms with E-state index in [1.54, 1.807) is 6.20 Å². The predicted molar refractivity (Wildman–Crippen MR) is 80.4 cm³/mol. The number of nitrogens with zero attached hydrogens (tertiary/aromatic N) is 3. The molecule has 0 fully saturated rings. The molecule has 0 bridgehead atoms. The molecule has 1 aliphatic heterocycles. The Bertz CT molecular complexity index is 703. The van der Waals surface area contributed by atoms with Crippen LogP contribution in [-0.4, -0.2) is 28.3 Å². The third-order valence-electron chi connectivity index (χ3n) is 3.92. The second-order valence-electron chi connectivity index (χ2n) is 5.92. The van der Waals surface area contributed by atoms with Crippen molar-refractivity contribution in [3.8, 4) is 0 Å². The summed E-state index contributed by atoms with van der Waals surface area (Å²) in [5, 5.41) is 2.14. The predicted octanol–water partition coefficient (Wildman–Crippen LogP) is 2.58. The van der Waals surface area contributed by atoms with Crippen molar-refractivity contribution in [1.82, 2.24) is 9.66 Å². The smallest absolute Gasteiger partial charge is 0.358 e. The molecule has 0 spiro atoms. The Hall–Kier alpha value is -2.30. The summed E-state index contributed by atoms with van der Waals surface area (Å²) < 4.78 is 6.74. The van der Waals surface area contributed by atoms with E-state index in [1.807, 2.05) is 23.7 Å². The van der Waals surface area contributed by atoms with Crippen molar-refractivity contribution in [3.05, 3.63) is 47.5 Å². The maximum absolute atomic E-state index is 12.0. The van der Waals surface area contributed by atoms with Gasteiger partial charge in [0, 0.05) is 0 Å². The molecule has 1 aliphatic rings. The number of carbonyl (C=O) groups excluding carboxylic acids is 1. The number of aromatic nitrogens is 2. The van der Waals surface area contributed by atoms with E-state index in [0.29, 0.717) is 5.69 Å². The fourth-order valence-electron chi connectivity index (χ4n) is 3.05. The summed E-state index contributed by atoms with van der Waals surface area (Å²) in [5.41, 5.74) is 2.68. The monoisotopic (exact) mass is 285 g/mol. The fraction of sp³-hybridized carbons (Fsp3) is 0.375. The first-order valence-electron chi connectivity index (χ1n) is 6.97. The number of para-hydroxylation sites is 1. The second kappa shape index (κ2) is 4.62. The molecule has 110 valence electrons. The molecule has 3 rings (SSSR count). The van der Waals surface area contributed by atoms with Gasteiger partial charge in [0.25, 0.3) is 0 Å². The number of carbonyl (C=O) groups is 1. The third-order valence-corrected chi connectivity index (χ3v) is 3.92. The maximum atomic E-state index is 12.0. The molecule has 21 heavy (non-hydrogen) atoms. The van der Waals surface area contributed by atoms with Crippen molar-refractivity contribution in [1.29, 1.82) is 0 Å². The summed E-state index contributed by atoms with van der Waals surface area (Å²) in [6.45, 7) is 6.21. The van der Waals surface area contributed by atoms with E-state index >= 15 is 0 Å². The van der Waals surface area contributed by atoms with Gasteiger partial charge < -0.3 is 4.74 Å². The standard InChI is InChI=1S/C16H19N3O2/c1-11-17-10-14(15(20)21-4)18(11)19-13-8-6-5-7-12(13)9-16(19,2)3/h5-8,10H,9H2,1-4H3. The van der Waals surface area contributed by atoms with Crippen LogP contribution in [0.1, 0.15) is 35.7 Å². The van der Waals surface area contributed by atoms with Crippen LogP contribution < -0.4 is 5.01 Å². The van der Waals surface area contributed by atoms with Crippen LogP contribution in [0.2, 0.25) is 0 Å². The molecule has 2 aromatic rings. The fourth-order valence-corrected chi connectivity index (χ4v) is 3.05. The van der Waals surface area contributed by atoms with E-state index in [1.165, 1.54) is 12.7 Å². The lowest BCUT2D eigenvalue weighted by atomic mass is 10.0. The van der Waals surface area contributed by atoms with Gasteiger partial charge in [0.15, 0.2) is 5.69 Å². The number of imidazole rings is 1. The van der Waals surface area contributed by atoms with E-state index in [-0.39, 0.29) is 11.5 Å². The number of hydrogen-bond donors (Lipinski definition) is 0. The number of benzene rings is 1. The first kappa shape index (κ1) is 13.7. The SMILES string of the molecule is COC(=O)c1cnc(C)n1N1c2ccccc2CC1(C)C. The molecule has 5 heteroatoms. The lowest BCUT2D eigenvalue weighted by Crippen LogP contribution is -2.46. The molecular formula is C16H19N3O2. The molecule has 1 aromatic carbocycles. The van der Waals surface area contributed by atoms with Gasteiger partial charge in [-0.1, -0.05) is 18.2 Å². The molecular weight excluding hydrogens is 266 g/mol. The largest absolute Gasteiger partial charge is 0.464 e. The van der Waals surface area contributed by atoms with Crippen LogP contribution in [0.15, 0.2) is 30.5 Å². The van der Waals surface area contributed by atoms with Gasteiger partial charge in [0.1, 0.15) is 5.82 Å². The van der Waals surface area contributed by atoms with Gasteiger partial charge in [0.05, 0.1) is 24.5 Å². The molecule has 0 saturated heterocycles. The first-order chi connectivity index (χ1) is 9.95. The average Bonchev–Trinajstić information content (AvgIpc) is 2.93. The number of ether oxygens (including phenoxy) is 1. The van der Waals surface area contributed by atoms with E-state index in [0.717, 1.165) is 17.9 Å². The Morgan fingerprint density at radius 2 is 2.05 bits per heavy atom. The number of anilines is 1. The van der Waals surface area contributed by atoms with Crippen LogP contribution in [0, 0.1) is 6.92 Å². The summed E-state index contributed by atoms with van der Waals surface area (Å²) >= 11 is 0. The number of hydrogen-bond acceptors (Lipinski definition) is 4. The number of aryl methyl sites for hydroxylation is 1. The summed E-state index contributed by atoms with van der Waals surface area (Å²) in [7, 11) is 1.39. The van der Waals surface area contributed by atoms with Crippen LogP contribution in [0.5, 0.6) is 0 Å². The summed E-state index contributed by atoms with van der Waals surface area (Å²) in [6, 6.07) is 8.25. The quantitative estimate of drug-likeness (QED) is 0.796. The minimum Gasteiger partial charge on any atom is -0.464 e. The Labute approximate surface area is 124 Å². The highest BCUT2D eigenvalue weighted by Crippen LogP contribution is 2.39. The van der Waals surface area contributed by atoms with Crippen molar-refractivity contribution in [2.24, 2.45) is 0 Å². The molecule has 0 atom stereocenters. The van der Waals surface area contributed by atoms with Crippen LogP contribution in [0.4, 0.5) is 5.69 Å². The zero-order valence-electron chi connectivity index (χ0n) is 12.8. The lowest BCUT2D eigenvalue weighted by Gasteiger charge is -2.36. The van der Waals surface area contributed by atoms with Crippen LogP contribution >= 0.6 is 0 Å². The zero-order valence-corrected chi connectivity index (χ0v) is 12.8. The number of methoxy groups -OCH3 is 1. The molecule has 0 saturated carbocycles. The van der Waals surface area contributed by atoms with Crippen molar-refractivity contribution >= 4 is 11.7 Å². The summed E-state index contributed by atoms with van der Waals surface area (Å²) in [5.74, 6) is 0.385. The van der Waals surface area contributed by atoms with E-state index < -0.39 is 0 Å². The molecule has 1 aromatic heterocycles.